The Morgan fingerprint density at radius 3 is 1.47 bits per heavy atom. The van der Waals surface area contributed by atoms with Crippen molar-refractivity contribution in [3.63, 3.8) is 0 Å². The average molecular weight is 503 g/mol. The molecular weight excluding hydrogens is 471 g/mol. The van der Waals surface area contributed by atoms with Gasteiger partial charge < -0.3 is 9.30 Å². The number of para-hydroxylation sites is 1. The summed E-state index contributed by atoms with van der Waals surface area (Å²) in [5.41, 5.74) is 3.23. The van der Waals surface area contributed by atoms with Crippen LogP contribution in [0.15, 0.2) is 66.0 Å². The summed E-state index contributed by atoms with van der Waals surface area (Å²) in [5, 5.41) is 0. The van der Waals surface area contributed by atoms with E-state index in [2.05, 4.69) is 0 Å². The Labute approximate surface area is 212 Å². The third kappa shape index (κ3) is 5.47. The number of carbonyl (C=O) groups excluding carboxylic acids is 3. The highest BCUT2D eigenvalue weighted by atomic mass is 31.2. The molecule has 0 aliphatic carbocycles. The molecule has 186 valence electrons. The Balaban J connectivity index is 2.20. The molecule has 0 unspecified atom stereocenters. The molecular formula is C30H31O5P. The van der Waals surface area contributed by atoms with Crippen molar-refractivity contribution in [3.8, 4) is 5.75 Å². The molecule has 3 aromatic rings. The molecule has 3 rings (SSSR count). The maximum absolute atomic E-state index is 14.6. The van der Waals surface area contributed by atoms with E-state index in [9.17, 15) is 18.9 Å². The molecule has 0 saturated heterocycles. The van der Waals surface area contributed by atoms with Gasteiger partial charge in [0.25, 0.3) is 0 Å². The van der Waals surface area contributed by atoms with Gasteiger partial charge in [-0.1, -0.05) is 53.6 Å². The fraction of sp³-hybridized carbons (Fsp3) is 0.233. The zero-order chi connectivity index (χ0) is 26.8. The van der Waals surface area contributed by atoms with E-state index in [1.165, 1.54) is 6.92 Å². The third-order valence-corrected chi connectivity index (χ3v) is 8.44. The van der Waals surface area contributed by atoms with Crippen molar-refractivity contribution in [2.24, 2.45) is 0 Å². The number of rotatable bonds is 7. The van der Waals surface area contributed by atoms with Crippen molar-refractivity contribution in [1.82, 2.24) is 0 Å². The van der Waals surface area contributed by atoms with Gasteiger partial charge in [0.05, 0.1) is 0 Å². The first-order chi connectivity index (χ1) is 16.8. The number of ether oxygens (including phenoxy) is 1. The van der Waals surface area contributed by atoms with Gasteiger partial charge in [0.15, 0.2) is 0 Å². The zero-order valence-corrected chi connectivity index (χ0v) is 22.7. The fourth-order valence-electron chi connectivity index (χ4n) is 4.58. The molecule has 0 heterocycles. The van der Waals surface area contributed by atoms with Gasteiger partial charge >= 0.3 is 5.97 Å². The summed E-state index contributed by atoms with van der Waals surface area (Å²) in [6.07, 6.45) is 0. The van der Waals surface area contributed by atoms with Gasteiger partial charge in [-0.2, -0.15) is 0 Å². The molecule has 0 spiro atoms. The lowest BCUT2D eigenvalue weighted by Crippen LogP contribution is -2.16. The third-order valence-electron chi connectivity index (χ3n) is 6.04. The van der Waals surface area contributed by atoms with Crippen molar-refractivity contribution in [2.45, 2.75) is 48.5 Å². The van der Waals surface area contributed by atoms with Crippen LogP contribution in [0.5, 0.6) is 5.75 Å². The second kappa shape index (κ2) is 10.6. The van der Waals surface area contributed by atoms with Crippen molar-refractivity contribution in [3.05, 3.63) is 110 Å². The van der Waals surface area contributed by atoms with Crippen LogP contribution in [0, 0.1) is 41.5 Å². The predicted octanol–water partition coefficient (Wildman–Crippen LogP) is 7.39. The van der Waals surface area contributed by atoms with Crippen LogP contribution in [0.3, 0.4) is 0 Å². The molecule has 0 aliphatic heterocycles. The highest BCUT2D eigenvalue weighted by Gasteiger charge is 2.42. The van der Waals surface area contributed by atoms with Crippen molar-refractivity contribution < 1.29 is 23.7 Å². The summed E-state index contributed by atoms with van der Waals surface area (Å²) in [6, 6.07) is 15.7. The van der Waals surface area contributed by atoms with Gasteiger partial charge in [0.2, 0.25) is 18.2 Å². The van der Waals surface area contributed by atoms with E-state index in [-0.39, 0.29) is 16.7 Å². The molecule has 0 aliphatic rings. The van der Waals surface area contributed by atoms with Crippen LogP contribution in [-0.2, 0) is 9.36 Å². The number of aryl methyl sites for hydroxylation is 6. The molecule has 0 N–H and O–H groups in total. The minimum Gasteiger partial charge on any atom is -0.423 e. The van der Waals surface area contributed by atoms with Crippen LogP contribution < -0.4 is 4.74 Å². The van der Waals surface area contributed by atoms with Gasteiger partial charge in [-0.05, 0) is 88.7 Å². The first-order valence-electron chi connectivity index (χ1n) is 11.7. The summed E-state index contributed by atoms with van der Waals surface area (Å²) < 4.78 is 19.9. The zero-order valence-electron chi connectivity index (χ0n) is 21.8. The first kappa shape index (κ1) is 27.0. The Hall–Kier alpha value is -3.56. The lowest BCUT2D eigenvalue weighted by atomic mass is 10.0. The Morgan fingerprint density at radius 2 is 1.08 bits per heavy atom. The van der Waals surface area contributed by atoms with Crippen LogP contribution in [0.1, 0.15) is 61.0 Å². The smallest absolute Gasteiger partial charge is 0.339 e. The second-order valence-electron chi connectivity index (χ2n) is 9.33. The lowest BCUT2D eigenvalue weighted by Gasteiger charge is -2.19. The minimum atomic E-state index is -4.44. The van der Waals surface area contributed by atoms with E-state index in [4.69, 9.17) is 4.74 Å². The molecule has 0 radical (unpaired) electrons. The standard InChI is InChI=1S/C30H31O5P/c1-18-13-20(3)26(21(4)14-18)29(32)36(34,30(33)27-22(5)15-19(2)16-23(27)6)17-24(7)28(31)35-25-11-9-8-10-12-25/h8-17H,1-7H3. The molecule has 36 heavy (non-hydrogen) atoms. The second-order valence-corrected chi connectivity index (χ2v) is 11.7. The SMILES string of the molecule is CC(=CP(=O)(C(=O)c1c(C)cc(C)cc1C)C(=O)c1c(C)cc(C)cc1C)C(=O)Oc1ccccc1. The minimum absolute atomic E-state index is 0.0753. The highest BCUT2D eigenvalue weighted by molar-refractivity contribution is 7.97. The van der Waals surface area contributed by atoms with Crippen LogP contribution in [-0.4, -0.2) is 17.0 Å². The summed E-state index contributed by atoms with van der Waals surface area (Å²) in [6.45, 7) is 12.2. The van der Waals surface area contributed by atoms with Crippen LogP contribution >= 0.6 is 7.14 Å². The van der Waals surface area contributed by atoms with E-state index in [1.54, 1.807) is 58.0 Å². The van der Waals surface area contributed by atoms with Gasteiger partial charge in [-0.3, -0.25) is 9.59 Å². The highest BCUT2D eigenvalue weighted by Crippen LogP contribution is 2.55. The molecule has 0 amide bonds. The van der Waals surface area contributed by atoms with E-state index in [0.717, 1.165) is 16.9 Å². The molecule has 0 fully saturated rings. The van der Waals surface area contributed by atoms with E-state index in [1.807, 2.05) is 38.1 Å². The molecule has 0 bridgehead atoms. The van der Waals surface area contributed by atoms with E-state index < -0.39 is 24.2 Å². The molecule has 5 nitrogen and oxygen atoms in total. The van der Waals surface area contributed by atoms with Crippen LogP contribution in [0.4, 0.5) is 0 Å². The maximum Gasteiger partial charge on any atom is 0.339 e. The summed E-state index contributed by atoms with van der Waals surface area (Å²) in [5.74, 6) is 0.551. The number of carbonyl (C=O) groups is 3. The summed E-state index contributed by atoms with van der Waals surface area (Å²) in [4.78, 5) is 40.8. The Morgan fingerprint density at radius 1 is 0.694 bits per heavy atom. The fourth-order valence-corrected chi connectivity index (χ4v) is 7.02. The Kier molecular flexibility index (Phi) is 7.96. The van der Waals surface area contributed by atoms with E-state index in [0.29, 0.717) is 28.0 Å². The normalized spacial score (nSPS) is 11.8. The molecule has 3 aromatic carbocycles. The molecule has 0 aromatic heterocycles. The average Bonchev–Trinajstić information content (AvgIpc) is 2.78. The quantitative estimate of drug-likeness (QED) is 0.146. The molecule has 0 atom stereocenters. The number of hydrogen-bond donors (Lipinski definition) is 0. The van der Waals surface area contributed by atoms with Gasteiger partial charge in [-0.25, -0.2) is 4.79 Å². The summed E-state index contributed by atoms with van der Waals surface area (Å²) >= 11 is 0. The van der Waals surface area contributed by atoms with Gasteiger partial charge in [0, 0.05) is 16.7 Å². The van der Waals surface area contributed by atoms with Crippen molar-refractivity contribution in [1.29, 1.82) is 0 Å². The monoisotopic (exact) mass is 502 g/mol. The van der Waals surface area contributed by atoms with Crippen LogP contribution in [0.25, 0.3) is 0 Å². The predicted molar refractivity (Wildman–Crippen MR) is 143 cm³/mol. The lowest BCUT2D eigenvalue weighted by molar-refractivity contribution is -0.130. The number of benzene rings is 3. The largest absolute Gasteiger partial charge is 0.423 e. The topological polar surface area (TPSA) is 77.5 Å². The number of hydrogen-bond acceptors (Lipinski definition) is 5. The molecule has 6 heteroatoms. The summed E-state index contributed by atoms with van der Waals surface area (Å²) in [7, 11) is -4.44. The Bertz CT molecular complexity index is 1330. The first-order valence-corrected chi connectivity index (χ1v) is 13.4. The van der Waals surface area contributed by atoms with Crippen molar-refractivity contribution in [2.75, 3.05) is 0 Å². The van der Waals surface area contributed by atoms with Gasteiger partial charge in [0.1, 0.15) is 5.75 Å². The number of esters is 1. The van der Waals surface area contributed by atoms with Gasteiger partial charge in [-0.15, -0.1) is 0 Å². The molecule has 0 saturated carbocycles. The van der Waals surface area contributed by atoms with Crippen LogP contribution in [0.2, 0.25) is 0 Å². The van der Waals surface area contributed by atoms with E-state index >= 15 is 0 Å². The van der Waals surface area contributed by atoms with Crippen molar-refractivity contribution >= 4 is 24.2 Å². The maximum atomic E-state index is 14.6.